The van der Waals surface area contributed by atoms with Crippen molar-refractivity contribution in [1.82, 2.24) is 19.7 Å². The van der Waals surface area contributed by atoms with Gasteiger partial charge in [0.1, 0.15) is 23.2 Å². The molecule has 32 heavy (non-hydrogen) atoms. The number of thiazole rings is 1. The fraction of sp³-hybridized carbons (Fsp3) is 0.455. The SMILES string of the molecule is Cc1nn(C2CCS(=O)(=O)C2)c(C)c1CN(C)Cc1csc(COc2ccc(F)cc2)n1. The first-order chi connectivity index (χ1) is 15.2. The van der Waals surface area contributed by atoms with E-state index >= 15 is 0 Å². The maximum absolute atomic E-state index is 13.0. The van der Waals surface area contributed by atoms with Crippen LogP contribution in [0.3, 0.4) is 0 Å². The predicted molar refractivity (Wildman–Crippen MR) is 122 cm³/mol. The van der Waals surface area contributed by atoms with Gasteiger partial charge in [-0.2, -0.15) is 5.10 Å². The summed E-state index contributed by atoms with van der Waals surface area (Å²) < 4.78 is 44.3. The van der Waals surface area contributed by atoms with Gasteiger partial charge in [-0.05, 0) is 51.6 Å². The molecule has 2 aromatic heterocycles. The lowest BCUT2D eigenvalue weighted by atomic mass is 10.1. The fourth-order valence-corrected chi connectivity index (χ4v) is 6.40. The maximum Gasteiger partial charge on any atom is 0.152 e. The summed E-state index contributed by atoms with van der Waals surface area (Å²) in [5.74, 6) is 0.730. The van der Waals surface area contributed by atoms with Crippen molar-refractivity contribution in [3.8, 4) is 5.75 Å². The number of benzene rings is 1. The summed E-state index contributed by atoms with van der Waals surface area (Å²) >= 11 is 1.54. The van der Waals surface area contributed by atoms with Gasteiger partial charge < -0.3 is 4.74 Å². The van der Waals surface area contributed by atoms with E-state index in [1.54, 1.807) is 12.1 Å². The molecule has 0 N–H and O–H groups in total. The number of rotatable bonds is 8. The third-order valence-electron chi connectivity index (χ3n) is 5.66. The monoisotopic (exact) mass is 478 g/mol. The first-order valence-electron chi connectivity index (χ1n) is 10.5. The van der Waals surface area contributed by atoms with Gasteiger partial charge in [-0.3, -0.25) is 9.58 Å². The molecule has 1 fully saturated rings. The van der Waals surface area contributed by atoms with Crippen molar-refractivity contribution in [2.45, 2.75) is 46.0 Å². The molecule has 0 bridgehead atoms. The van der Waals surface area contributed by atoms with Gasteiger partial charge in [0.05, 0.1) is 28.9 Å². The lowest BCUT2D eigenvalue weighted by molar-refractivity contribution is 0.300. The van der Waals surface area contributed by atoms with Crippen LogP contribution < -0.4 is 4.74 Å². The largest absolute Gasteiger partial charge is 0.486 e. The molecule has 1 saturated heterocycles. The Kier molecular flexibility index (Phi) is 6.64. The zero-order valence-corrected chi connectivity index (χ0v) is 20.0. The molecule has 4 rings (SSSR count). The first-order valence-corrected chi connectivity index (χ1v) is 13.2. The average Bonchev–Trinajstić information content (AvgIpc) is 3.41. The first kappa shape index (κ1) is 22.9. The number of aromatic nitrogens is 3. The van der Waals surface area contributed by atoms with Crippen LogP contribution in [0.25, 0.3) is 0 Å². The molecule has 3 heterocycles. The Morgan fingerprint density at radius 1 is 1.25 bits per heavy atom. The average molecular weight is 479 g/mol. The third kappa shape index (κ3) is 5.36. The molecule has 1 aliphatic heterocycles. The van der Waals surface area contributed by atoms with Crippen LogP contribution in [-0.4, -0.2) is 46.6 Å². The number of nitrogens with zero attached hydrogens (tertiary/aromatic N) is 4. The number of aryl methyl sites for hydroxylation is 1. The molecular weight excluding hydrogens is 451 g/mol. The Labute approximate surface area is 191 Å². The summed E-state index contributed by atoms with van der Waals surface area (Å²) in [7, 11) is -0.923. The van der Waals surface area contributed by atoms with E-state index < -0.39 is 9.84 Å². The summed E-state index contributed by atoms with van der Waals surface area (Å²) in [5, 5.41) is 7.53. The molecule has 0 radical (unpaired) electrons. The highest BCUT2D eigenvalue weighted by atomic mass is 32.2. The number of ether oxygens (including phenoxy) is 1. The Hall–Kier alpha value is -2.30. The minimum atomic E-state index is -2.96. The number of sulfone groups is 1. The highest BCUT2D eigenvalue weighted by molar-refractivity contribution is 7.91. The molecule has 10 heteroatoms. The second-order valence-electron chi connectivity index (χ2n) is 8.30. The van der Waals surface area contributed by atoms with Crippen molar-refractivity contribution in [2.24, 2.45) is 0 Å². The van der Waals surface area contributed by atoms with E-state index in [0.29, 0.717) is 31.9 Å². The summed E-state index contributed by atoms with van der Waals surface area (Å²) in [6.45, 7) is 5.71. The Balaban J connectivity index is 1.35. The fourth-order valence-electron chi connectivity index (χ4n) is 4.02. The van der Waals surface area contributed by atoms with Crippen LogP contribution in [0.2, 0.25) is 0 Å². The molecule has 1 aromatic carbocycles. The molecule has 172 valence electrons. The Bertz CT molecular complexity index is 1190. The number of hydrogen-bond acceptors (Lipinski definition) is 7. The van der Waals surface area contributed by atoms with Gasteiger partial charge in [0.15, 0.2) is 9.84 Å². The summed E-state index contributed by atoms with van der Waals surface area (Å²) in [4.78, 5) is 6.82. The second kappa shape index (κ2) is 9.29. The molecule has 0 amide bonds. The van der Waals surface area contributed by atoms with E-state index in [4.69, 9.17) is 4.74 Å². The normalized spacial score (nSPS) is 17.8. The van der Waals surface area contributed by atoms with Crippen LogP contribution in [0.4, 0.5) is 4.39 Å². The quantitative estimate of drug-likeness (QED) is 0.492. The molecule has 1 unspecified atom stereocenters. The highest BCUT2D eigenvalue weighted by Crippen LogP contribution is 2.27. The standard InChI is InChI=1S/C22H27FN4O3S2/c1-15-21(16(2)27(25-15)19-8-9-32(28,29)14-19)11-26(3)10-18-13-31-22(24-18)12-30-20-6-4-17(23)5-7-20/h4-7,13,19H,8-12,14H2,1-3H3. The van der Waals surface area contributed by atoms with E-state index in [9.17, 15) is 12.8 Å². The zero-order chi connectivity index (χ0) is 22.9. The Morgan fingerprint density at radius 2 is 2.00 bits per heavy atom. The van der Waals surface area contributed by atoms with Gasteiger partial charge in [0.25, 0.3) is 0 Å². The van der Waals surface area contributed by atoms with Gasteiger partial charge >= 0.3 is 0 Å². The predicted octanol–water partition coefficient (Wildman–Crippen LogP) is 3.67. The van der Waals surface area contributed by atoms with Crippen molar-refractivity contribution in [1.29, 1.82) is 0 Å². The lowest BCUT2D eigenvalue weighted by Crippen LogP contribution is -2.19. The summed E-state index contributed by atoms with van der Waals surface area (Å²) in [6, 6.07) is 5.87. The van der Waals surface area contributed by atoms with Crippen molar-refractivity contribution in [2.75, 3.05) is 18.6 Å². The van der Waals surface area contributed by atoms with Gasteiger partial charge in [-0.25, -0.2) is 17.8 Å². The minimum absolute atomic E-state index is 0.0695. The topological polar surface area (TPSA) is 77.3 Å². The van der Waals surface area contributed by atoms with Gasteiger partial charge in [-0.15, -0.1) is 11.3 Å². The van der Waals surface area contributed by atoms with Crippen LogP contribution in [-0.2, 0) is 29.5 Å². The molecule has 3 aromatic rings. The van der Waals surface area contributed by atoms with Gasteiger partial charge in [-0.1, -0.05) is 0 Å². The van der Waals surface area contributed by atoms with Crippen LogP contribution in [0.1, 0.15) is 40.1 Å². The van der Waals surface area contributed by atoms with Crippen LogP contribution in [0, 0.1) is 19.7 Å². The third-order valence-corrected chi connectivity index (χ3v) is 8.29. The van der Waals surface area contributed by atoms with Crippen LogP contribution in [0.15, 0.2) is 29.6 Å². The van der Waals surface area contributed by atoms with E-state index in [0.717, 1.165) is 27.7 Å². The molecule has 7 nitrogen and oxygen atoms in total. The van der Waals surface area contributed by atoms with Crippen LogP contribution in [0.5, 0.6) is 5.75 Å². The van der Waals surface area contributed by atoms with Crippen molar-refractivity contribution >= 4 is 21.2 Å². The van der Waals surface area contributed by atoms with Gasteiger partial charge in [0, 0.05) is 29.7 Å². The summed E-state index contributed by atoms with van der Waals surface area (Å²) in [5.41, 5.74) is 4.06. The number of halogens is 1. The van der Waals surface area contributed by atoms with Crippen molar-refractivity contribution < 1.29 is 17.5 Å². The molecular formula is C22H27FN4O3S2. The maximum atomic E-state index is 13.0. The minimum Gasteiger partial charge on any atom is -0.486 e. The molecule has 0 aliphatic carbocycles. The lowest BCUT2D eigenvalue weighted by Gasteiger charge is -2.16. The molecule has 1 aliphatic rings. The van der Waals surface area contributed by atoms with Crippen molar-refractivity contribution in [3.05, 3.63) is 63.1 Å². The summed E-state index contributed by atoms with van der Waals surface area (Å²) in [6.07, 6.45) is 0.626. The van der Waals surface area contributed by atoms with E-state index in [1.165, 1.54) is 23.5 Å². The zero-order valence-electron chi connectivity index (χ0n) is 18.4. The number of hydrogen-bond donors (Lipinski definition) is 0. The Morgan fingerprint density at radius 3 is 2.69 bits per heavy atom. The van der Waals surface area contributed by atoms with E-state index in [-0.39, 0.29) is 23.4 Å². The van der Waals surface area contributed by atoms with Crippen LogP contribution >= 0.6 is 11.3 Å². The van der Waals surface area contributed by atoms with Crippen molar-refractivity contribution in [3.63, 3.8) is 0 Å². The molecule has 0 saturated carbocycles. The van der Waals surface area contributed by atoms with E-state index in [1.807, 2.05) is 31.0 Å². The van der Waals surface area contributed by atoms with Gasteiger partial charge in [0.2, 0.25) is 0 Å². The van der Waals surface area contributed by atoms with E-state index in [2.05, 4.69) is 15.0 Å². The molecule has 1 atom stereocenters. The smallest absolute Gasteiger partial charge is 0.152 e. The second-order valence-corrected chi connectivity index (χ2v) is 11.5. The molecule has 0 spiro atoms. The highest BCUT2D eigenvalue weighted by Gasteiger charge is 2.31.